The maximum absolute atomic E-state index is 9.15. The van der Waals surface area contributed by atoms with E-state index in [0.29, 0.717) is 12.6 Å². The lowest BCUT2D eigenvalue weighted by atomic mass is 9.98. The van der Waals surface area contributed by atoms with Gasteiger partial charge in [-0.05, 0) is 43.4 Å². The van der Waals surface area contributed by atoms with Crippen molar-refractivity contribution in [2.45, 2.75) is 38.3 Å². The molecule has 1 aliphatic heterocycles. The van der Waals surface area contributed by atoms with Crippen LogP contribution in [0.4, 0.5) is 5.69 Å². The van der Waals surface area contributed by atoms with Gasteiger partial charge in [0.25, 0.3) is 0 Å². The fraction of sp³-hybridized carbons (Fsp3) is 0.571. The van der Waals surface area contributed by atoms with Gasteiger partial charge in [-0.2, -0.15) is 0 Å². The van der Waals surface area contributed by atoms with E-state index in [2.05, 4.69) is 11.0 Å². The van der Waals surface area contributed by atoms with Crippen molar-refractivity contribution in [3.8, 4) is 0 Å². The first-order valence-electron chi connectivity index (χ1n) is 6.62. The highest BCUT2D eigenvalue weighted by Crippen LogP contribution is 2.29. The minimum absolute atomic E-state index is 0.246. The van der Waals surface area contributed by atoms with Gasteiger partial charge in [0, 0.05) is 36.4 Å². The number of hydrogen-bond donors (Lipinski definition) is 2. The molecule has 0 spiro atoms. The van der Waals surface area contributed by atoms with Crippen LogP contribution >= 0.6 is 11.6 Å². The number of anilines is 1. The summed E-state index contributed by atoms with van der Waals surface area (Å²) in [5, 5.41) is 9.89. The highest BCUT2D eigenvalue weighted by Gasteiger charge is 2.22. The molecular formula is C14H21ClN2O. The van der Waals surface area contributed by atoms with Crippen molar-refractivity contribution in [3.05, 3.63) is 28.8 Å². The molecule has 1 aromatic rings. The normalized spacial score (nSPS) is 20.2. The summed E-state index contributed by atoms with van der Waals surface area (Å²) in [6.07, 6.45) is 4.43. The Kier molecular flexibility index (Phi) is 4.87. The van der Waals surface area contributed by atoms with Crippen LogP contribution in [0.5, 0.6) is 0 Å². The number of rotatable bonds is 4. The monoisotopic (exact) mass is 268 g/mol. The van der Waals surface area contributed by atoms with Crippen molar-refractivity contribution < 1.29 is 5.11 Å². The summed E-state index contributed by atoms with van der Waals surface area (Å²) >= 11 is 6.22. The van der Waals surface area contributed by atoms with Crippen LogP contribution in [0.15, 0.2) is 18.2 Å². The first-order chi connectivity index (χ1) is 8.76. The van der Waals surface area contributed by atoms with Crippen molar-refractivity contribution in [2.24, 2.45) is 5.73 Å². The van der Waals surface area contributed by atoms with Crippen molar-refractivity contribution in [1.29, 1.82) is 0 Å². The van der Waals surface area contributed by atoms with Gasteiger partial charge < -0.3 is 15.7 Å². The lowest BCUT2D eigenvalue weighted by molar-refractivity contribution is 0.262. The molecule has 4 heteroatoms. The summed E-state index contributed by atoms with van der Waals surface area (Å²) in [6, 6.07) is 6.52. The molecule has 0 aliphatic carbocycles. The smallest absolute Gasteiger partial charge is 0.0471 e. The van der Waals surface area contributed by atoms with E-state index in [1.54, 1.807) is 0 Å². The van der Waals surface area contributed by atoms with E-state index in [1.807, 2.05) is 12.1 Å². The van der Waals surface area contributed by atoms with Crippen molar-refractivity contribution in [2.75, 3.05) is 18.1 Å². The Morgan fingerprint density at radius 2 is 2.22 bits per heavy atom. The Hall–Kier alpha value is -0.770. The van der Waals surface area contributed by atoms with Gasteiger partial charge in [-0.1, -0.05) is 17.7 Å². The summed E-state index contributed by atoms with van der Waals surface area (Å²) in [6.45, 7) is 1.76. The topological polar surface area (TPSA) is 49.5 Å². The molecule has 1 aliphatic rings. The summed E-state index contributed by atoms with van der Waals surface area (Å²) in [7, 11) is 0. The van der Waals surface area contributed by atoms with E-state index in [-0.39, 0.29) is 6.61 Å². The Labute approximate surface area is 114 Å². The summed E-state index contributed by atoms with van der Waals surface area (Å²) < 4.78 is 0. The van der Waals surface area contributed by atoms with Gasteiger partial charge in [0.1, 0.15) is 0 Å². The number of aliphatic hydroxyl groups excluding tert-OH is 1. The van der Waals surface area contributed by atoms with Crippen LogP contribution < -0.4 is 10.6 Å². The van der Waals surface area contributed by atoms with E-state index in [9.17, 15) is 0 Å². The minimum Gasteiger partial charge on any atom is -0.396 e. The lowest BCUT2D eigenvalue weighted by Crippen LogP contribution is -2.40. The zero-order chi connectivity index (χ0) is 13.0. The summed E-state index contributed by atoms with van der Waals surface area (Å²) in [5.74, 6) is 0. The molecule has 0 radical (unpaired) electrons. The molecule has 0 saturated carbocycles. The number of benzene rings is 1. The zero-order valence-electron chi connectivity index (χ0n) is 10.6. The van der Waals surface area contributed by atoms with Crippen LogP contribution in [0, 0.1) is 0 Å². The Morgan fingerprint density at radius 3 is 2.89 bits per heavy atom. The second kappa shape index (κ2) is 6.41. The van der Waals surface area contributed by atoms with Gasteiger partial charge >= 0.3 is 0 Å². The molecule has 1 atom stereocenters. The highest BCUT2D eigenvalue weighted by molar-refractivity contribution is 6.31. The van der Waals surface area contributed by atoms with Crippen LogP contribution in [0.2, 0.25) is 5.02 Å². The van der Waals surface area contributed by atoms with Crippen LogP contribution in [0.3, 0.4) is 0 Å². The third kappa shape index (κ3) is 2.97. The third-order valence-electron chi connectivity index (χ3n) is 3.68. The Balaban J connectivity index is 2.19. The second-order valence-electron chi connectivity index (χ2n) is 4.84. The Bertz CT molecular complexity index is 395. The van der Waals surface area contributed by atoms with Crippen LogP contribution in [-0.4, -0.2) is 24.3 Å². The molecule has 3 nitrogen and oxygen atoms in total. The van der Waals surface area contributed by atoms with Crippen LogP contribution in [0.25, 0.3) is 0 Å². The number of halogens is 1. The molecule has 0 bridgehead atoms. The van der Waals surface area contributed by atoms with E-state index in [0.717, 1.165) is 35.7 Å². The maximum Gasteiger partial charge on any atom is 0.0471 e. The average Bonchev–Trinajstić information content (AvgIpc) is 2.40. The number of piperidine rings is 1. The highest BCUT2D eigenvalue weighted by atomic mass is 35.5. The van der Waals surface area contributed by atoms with Gasteiger partial charge in [0.2, 0.25) is 0 Å². The van der Waals surface area contributed by atoms with Crippen molar-refractivity contribution >= 4 is 17.3 Å². The SMILES string of the molecule is NCc1ccc(N2CCCCC2CCO)cc1Cl. The zero-order valence-corrected chi connectivity index (χ0v) is 11.4. The minimum atomic E-state index is 0.246. The number of nitrogens with two attached hydrogens (primary N) is 1. The number of nitrogens with zero attached hydrogens (tertiary/aromatic N) is 1. The molecule has 1 fully saturated rings. The fourth-order valence-electron chi connectivity index (χ4n) is 2.67. The van der Waals surface area contributed by atoms with Crippen LogP contribution in [-0.2, 0) is 6.54 Å². The third-order valence-corrected chi connectivity index (χ3v) is 4.03. The second-order valence-corrected chi connectivity index (χ2v) is 5.24. The van der Waals surface area contributed by atoms with Crippen molar-refractivity contribution in [1.82, 2.24) is 0 Å². The van der Waals surface area contributed by atoms with E-state index in [1.165, 1.54) is 12.8 Å². The molecular weight excluding hydrogens is 248 g/mol. The van der Waals surface area contributed by atoms with Gasteiger partial charge in [0.05, 0.1) is 0 Å². The molecule has 0 amide bonds. The molecule has 1 unspecified atom stereocenters. The molecule has 1 aromatic carbocycles. The number of aliphatic hydroxyl groups is 1. The molecule has 1 saturated heterocycles. The van der Waals surface area contributed by atoms with Gasteiger partial charge in [-0.15, -0.1) is 0 Å². The molecule has 2 rings (SSSR count). The average molecular weight is 269 g/mol. The summed E-state index contributed by atoms with van der Waals surface area (Å²) in [4.78, 5) is 2.37. The quantitative estimate of drug-likeness (QED) is 0.882. The predicted molar refractivity (Wildman–Crippen MR) is 76.0 cm³/mol. The first kappa shape index (κ1) is 13.7. The van der Waals surface area contributed by atoms with E-state index >= 15 is 0 Å². The largest absolute Gasteiger partial charge is 0.396 e. The predicted octanol–water partition coefficient (Wildman–Crippen LogP) is 2.54. The molecule has 1 heterocycles. The van der Waals surface area contributed by atoms with E-state index < -0.39 is 0 Å². The molecule has 0 aromatic heterocycles. The lowest BCUT2D eigenvalue weighted by Gasteiger charge is -2.37. The standard InChI is InChI=1S/C14H21ClN2O/c15-14-9-13(5-4-11(14)10-16)17-7-2-1-3-12(17)6-8-18/h4-5,9,12,18H,1-3,6-8,10,16H2. The van der Waals surface area contributed by atoms with Gasteiger partial charge in [0.15, 0.2) is 0 Å². The first-order valence-corrected chi connectivity index (χ1v) is 7.00. The fourth-order valence-corrected chi connectivity index (χ4v) is 2.92. The number of hydrogen-bond acceptors (Lipinski definition) is 3. The maximum atomic E-state index is 9.15. The van der Waals surface area contributed by atoms with Gasteiger partial charge in [-0.25, -0.2) is 0 Å². The van der Waals surface area contributed by atoms with Crippen LogP contribution in [0.1, 0.15) is 31.2 Å². The van der Waals surface area contributed by atoms with Gasteiger partial charge in [-0.3, -0.25) is 0 Å². The van der Waals surface area contributed by atoms with Crippen molar-refractivity contribution in [3.63, 3.8) is 0 Å². The summed E-state index contributed by atoms with van der Waals surface area (Å²) in [5.41, 5.74) is 7.75. The molecule has 18 heavy (non-hydrogen) atoms. The Morgan fingerprint density at radius 1 is 1.39 bits per heavy atom. The molecule has 3 N–H and O–H groups in total. The molecule has 100 valence electrons. The van der Waals surface area contributed by atoms with E-state index in [4.69, 9.17) is 22.4 Å².